The molecule has 2 rings (SSSR count). The fourth-order valence-electron chi connectivity index (χ4n) is 1.05. The Morgan fingerprint density at radius 3 is 2.44 bits per heavy atom. The number of primary amides is 1. The summed E-state index contributed by atoms with van der Waals surface area (Å²) in [5.41, 5.74) is 5.50. The van der Waals surface area contributed by atoms with Gasteiger partial charge >= 0.3 is 0 Å². The highest BCUT2D eigenvalue weighted by Gasteiger charge is 2.14. The van der Waals surface area contributed by atoms with Crippen molar-refractivity contribution in [2.24, 2.45) is 5.73 Å². The van der Waals surface area contributed by atoms with E-state index in [1.165, 1.54) is 0 Å². The Balaban J connectivity index is 0.000000280. The zero-order valence-corrected chi connectivity index (χ0v) is 8.55. The van der Waals surface area contributed by atoms with E-state index in [4.69, 9.17) is 25.4 Å². The van der Waals surface area contributed by atoms with Gasteiger partial charge in [0.2, 0.25) is 12.7 Å². The number of hydrogen-bond donors (Lipinski definition) is 3. The third kappa shape index (κ3) is 3.11. The summed E-state index contributed by atoms with van der Waals surface area (Å²) in [7, 11) is 0. The van der Waals surface area contributed by atoms with Crippen LogP contribution in [0.2, 0.25) is 0 Å². The van der Waals surface area contributed by atoms with Crippen molar-refractivity contribution in [1.29, 1.82) is 0 Å². The first kappa shape index (κ1) is 12.3. The second-order valence-corrected chi connectivity index (χ2v) is 2.88. The Morgan fingerprint density at radius 2 is 1.88 bits per heavy atom. The molecule has 0 saturated carbocycles. The van der Waals surface area contributed by atoms with Crippen LogP contribution in [-0.4, -0.2) is 36.1 Å². The van der Waals surface area contributed by atoms with Crippen molar-refractivity contribution < 1.29 is 24.5 Å². The Labute approximate surface area is 92.2 Å². The Bertz CT molecular complexity index is 364. The fraction of sp³-hybridized carbons (Fsp3) is 0.300. The number of hydrogen-bond acceptors (Lipinski definition) is 5. The van der Waals surface area contributed by atoms with Crippen LogP contribution in [0.1, 0.15) is 10.4 Å². The Kier molecular flexibility index (Phi) is 4.56. The van der Waals surface area contributed by atoms with Crippen molar-refractivity contribution in [3.05, 3.63) is 23.8 Å². The Morgan fingerprint density at radius 1 is 1.25 bits per heavy atom. The van der Waals surface area contributed by atoms with Gasteiger partial charge < -0.3 is 25.4 Å². The molecule has 0 saturated heterocycles. The maximum absolute atomic E-state index is 10.7. The van der Waals surface area contributed by atoms with Crippen LogP contribution in [0.3, 0.4) is 0 Å². The van der Waals surface area contributed by atoms with Gasteiger partial charge in [-0.25, -0.2) is 0 Å². The predicted molar refractivity (Wildman–Crippen MR) is 55.3 cm³/mol. The lowest BCUT2D eigenvalue weighted by Crippen LogP contribution is -2.10. The van der Waals surface area contributed by atoms with Gasteiger partial charge in [-0.2, -0.15) is 0 Å². The van der Waals surface area contributed by atoms with Gasteiger partial charge in [-0.05, 0) is 18.2 Å². The van der Waals surface area contributed by atoms with Gasteiger partial charge in [-0.1, -0.05) is 0 Å². The van der Waals surface area contributed by atoms with Crippen LogP contribution in [0.4, 0.5) is 0 Å². The minimum absolute atomic E-state index is 0.125. The second-order valence-electron chi connectivity index (χ2n) is 2.88. The van der Waals surface area contributed by atoms with Crippen LogP contribution < -0.4 is 15.2 Å². The van der Waals surface area contributed by atoms with Crippen molar-refractivity contribution >= 4 is 5.91 Å². The van der Waals surface area contributed by atoms with Gasteiger partial charge in [0, 0.05) is 5.56 Å². The summed E-state index contributed by atoms with van der Waals surface area (Å²) in [6.45, 7) is -0.0441. The first-order chi connectivity index (χ1) is 7.69. The molecule has 1 aliphatic heterocycles. The highest BCUT2D eigenvalue weighted by atomic mass is 16.7. The largest absolute Gasteiger partial charge is 0.454 e. The van der Waals surface area contributed by atoms with Crippen LogP contribution in [0, 0.1) is 0 Å². The molecule has 16 heavy (non-hydrogen) atoms. The standard InChI is InChI=1S/C8H7NO3.C2H6O2/c9-8(10)5-1-2-6-7(3-5)12-4-11-6;3-1-2-4/h1-3H,4H2,(H2,9,10);3-4H,1-2H2. The summed E-state index contributed by atoms with van der Waals surface area (Å²) in [6.07, 6.45) is 0. The molecule has 0 aliphatic carbocycles. The smallest absolute Gasteiger partial charge is 0.248 e. The van der Waals surface area contributed by atoms with Crippen molar-refractivity contribution in [2.45, 2.75) is 0 Å². The molecule has 0 aromatic heterocycles. The number of aliphatic hydroxyl groups excluding tert-OH is 2. The lowest BCUT2D eigenvalue weighted by Gasteiger charge is -1.97. The predicted octanol–water partition coefficient (Wildman–Crippen LogP) is -0.515. The number of aliphatic hydroxyl groups is 2. The number of fused-ring (bicyclic) bond motifs is 1. The number of nitrogens with two attached hydrogens (primary N) is 1. The monoisotopic (exact) mass is 227 g/mol. The number of carbonyl (C=O) groups is 1. The van der Waals surface area contributed by atoms with E-state index in [0.717, 1.165) is 0 Å². The molecular weight excluding hydrogens is 214 g/mol. The minimum atomic E-state index is -0.465. The lowest BCUT2D eigenvalue weighted by atomic mass is 10.2. The topological polar surface area (TPSA) is 102 Å². The maximum Gasteiger partial charge on any atom is 0.248 e. The van der Waals surface area contributed by atoms with Gasteiger partial charge in [-0.3, -0.25) is 4.79 Å². The highest BCUT2D eigenvalue weighted by Crippen LogP contribution is 2.32. The van der Waals surface area contributed by atoms with E-state index in [9.17, 15) is 4.79 Å². The molecule has 88 valence electrons. The van der Waals surface area contributed by atoms with Crippen molar-refractivity contribution in [3.8, 4) is 11.5 Å². The van der Waals surface area contributed by atoms with Crippen LogP contribution in [0.25, 0.3) is 0 Å². The van der Waals surface area contributed by atoms with E-state index in [1.807, 2.05) is 0 Å². The van der Waals surface area contributed by atoms with E-state index >= 15 is 0 Å². The average Bonchev–Trinajstić information content (AvgIpc) is 2.76. The number of benzene rings is 1. The molecule has 4 N–H and O–H groups in total. The van der Waals surface area contributed by atoms with Gasteiger partial charge in [0.25, 0.3) is 0 Å². The number of carbonyl (C=O) groups excluding carboxylic acids is 1. The van der Waals surface area contributed by atoms with Gasteiger partial charge in [0.05, 0.1) is 13.2 Å². The third-order valence-electron chi connectivity index (χ3n) is 1.76. The van der Waals surface area contributed by atoms with E-state index < -0.39 is 5.91 Å². The average molecular weight is 227 g/mol. The molecule has 1 aliphatic rings. The van der Waals surface area contributed by atoms with E-state index in [0.29, 0.717) is 17.1 Å². The van der Waals surface area contributed by atoms with Gasteiger partial charge in [-0.15, -0.1) is 0 Å². The zero-order valence-electron chi connectivity index (χ0n) is 8.55. The molecule has 0 bridgehead atoms. The van der Waals surface area contributed by atoms with Crippen molar-refractivity contribution in [1.82, 2.24) is 0 Å². The second kappa shape index (κ2) is 5.94. The van der Waals surface area contributed by atoms with Crippen molar-refractivity contribution in [2.75, 3.05) is 20.0 Å². The molecule has 1 heterocycles. The summed E-state index contributed by atoms with van der Waals surface area (Å²) in [6, 6.07) is 4.85. The van der Waals surface area contributed by atoms with E-state index in [2.05, 4.69) is 0 Å². The number of rotatable bonds is 2. The molecule has 1 aromatic carbocycles. The zero-order chi connectivity index (χ0) is 12.0. The normalized spacial score (nSPS) is 11.6. The molecule has 0 fully saturated rings. The molecule has 1 aromatic rings. The van der Waals surface area contributed by atoms with E-state index in [1.54, 1.807) is 18.2 Å². The SMILES string of the molecule is NC(=O)c1ccc2c(c1)OCO2.OCCO. The molecule has 0 spiro atoms. The summed E-state index contributed by atoms with van der Waals surface area (Å²) in [5, 5.41) is 15.2. The minimum Gasteiger partial charge on any atom is -0.454 e. The van der Waals surface area contributed by atoms with Crippen molar-refractivity contribution in [3.63, 3.8) is 0 Å². The molecule has 1 amide bonds. The fourth-order valence-corrected chi connectivity index (χ4v) is 1.05. The lowest BCUT2D eigenvalue weighted by molar-refractivity contribution is 0.1000. The summed E-state index contributed by atoms with van der Waals surface area (Å²) in [4.78, 5) is 10.7. The van der Waals surface area contributed by atoms with Crippen LogP contribution in [-0.2, 0) is 0 Å². The molecule has 0 atom stereocenters. The summed E-state index contributed by atoms with van der Waals surface area (Å²) >= 11 is 0. The van der Waals surface area contributed by atoms with Gasteiger partial charge in [0.1, 0.15) is 0 Å². The summed E-state index contributed by atoms with van der Waals surface area (Å²) < 4.78 is 10.1. The Hall–Kier alpha value is -1.79. The molecule has 6 nitrogen and oxygen atoms in total. The molecule has 0 radical (unpaired) electrons. The maximum atomic E-state index is 10.7. The number of ether oxygens (including phenoxy) is 2. The van der Waals surface area contributed by atoms with Gasteiger partial charge in [0.15, 0.2) is 11.5 Å². The first-order valence-electron chi connectivity index (χ1n) is 4.60. The summed E-state index contributed by atoms with van der Waals surface area (Å²) in [5.74, 6) is 0.764. The molecular formula is C10H13NO5. The number of amides is 1. The third-order valence-corrected chi connectivity index (χ3v) is 1.76. The molecule has 0 unspecified atom stereocenters. The van der Waals surface area contributed by atoms with Crippen LogP contribution in [0.5, 0.6) is 11.5 Å². The highest BCUT2D eigenvalue weighted by molar-refractivity contribution is 5.93. The van der Waals surface area contributed by atoms with Crippen LogP contribution >= 0.6 is 0 Å². The first-order valence-corrected chi connectivity index (χ1v) is 4.60. The van der Waals surface area contributed by atoms with E-state index in [-0.39, 0.29) is 20.0 Å². The van der Waals surface area contributed by atoms with Crippen LogP contribution in [0.15, 0.2) is 18.2 Å². The quantitative estimate of drug-likeness (QED) is 0.631. The molecule has 6 heteroatoms.